The van der Waals surface area contributed by atoms with Crippen LogP contribution in [-0.4, -0.2) is 63.0 Å². The highest BCUT2D eigenvalue weighted by Gasteiger charge is 2.75. The third kappa shape index (κ3) is 4.71. The molecule has 7 nitrogen and oxygen atoms in total. The summed E-state index contributed by atoms with van der Waals surface area (Å²) in [5.41, 5.74) is 1.02. The summed E-state index contributed by atoms with van der Waals surface area (Å²) in [7, 11) is 0. The molecule has 192 valence electrons. The number of thioether (sulfide) groups is 1. The van der Waals surface area contributed by atoms with Gasteiger partial charge in [0.1, 0.15) is 6.04 Å². The minimum Gasteiger partial charge on any atom is -0.396 e. The predicted octanol–water partition coefficient (Wildman–Crippen LogP) is 2.72. The molecule has 1 spiro atoms. The van der Waals surface area contributed by atoms with Crippen LogP contribution < -0.4 is 10.6 Å². The zero-order valence-corrected chi connectivity index (χ0v) is 21.9. The normalized spacial score (nSPS) is 31.9. The molecule has 4 unspecified atom stereocenters. The largest absolute Gasteiger partial charge is 0.396 e. The molecule has 8 heteroatoms. The number of carbonyl (C=O) groups excluding carboxylic acids is 3. The maximum Gasteiger partial charge on any atom is 0.244 e. The van der Waals surface area contributed by atoms with E-state index in [4.69, 9.17) is 0 Å². The minimum absolute atomic E-state index is 0.0289. The molecule has 3 N–H and O–H groups in total. The first-order chi connectivity index (χ1) is 16.8. The van der Waals surface area contributed by atoms with Crippen molar-refractivity contribution in [3.63, 3.8) is 0 Å². The van der Waals surface area contributed by atoms with Crippen LogP contribution in [0, 0.1) is 17.8 Å². The summed E-state index contributed by atoms with van der Waals surface area (Å²) in [5, 5.41) is 15.6. The standard InChI is InChI=1S/C27H39N3O4S/c1-4-10-18(3)29-25(33)23-27-17(2)15-20(35-27)21(22(27)26(34)30(23)13-8-9-14-31)24(32)28-16-19-11-6-5-7-12-19/h5-7,11-12,17-18,20-23,31H,4,8-10,13-16H2,1-3H3,(H,28,32)(H,29,33)/t17?,18?,20-,21+,22-,23?,27?/m0/s1. The van der Waals surface area contributed by atoms with E-state index in [1.54, 1.807) is 16.7 Å². The Morgan fingerprint density at radius 1 is 1.23 bits per heavy atom. The molecule has 0 aliphatic carbocycles. The van der Waals surface area contributed by atoms with Crippen LogP contribution in [0.5, 0.6) is 0 Å². The smallest absolute Gasteiger partial charge is 0.244 e. The Morgan fingerprint density at radius 3 is 2.66 bits per heavy atom. The summed E-state index contributed by atoms with van der Waals surface area (Å²) in [6.07, 6.45) is 3.89. The number of amides is 3. The number of fused-ring (bicyclic) bond motifs is 1. The fourth-order valence-electron chi connectivity index (χ4n) is 6.48. The number of hydrogen-bond donors (Lipinski definition) is 3. The Kier molecular flexibility index (Phi) is 8.11. The van der Waals surface area contributed by atoms with Gasteiger partial charge in [0.25, 0.3) is 0 Å². The number of rotatable bonds is 11. The van der Waals surface area contributed by atoms with Gasteiger partial charge in [-0.2, -0.15) is 0 Å². The van der Waals surface area contributed by atoms with Gasteiger partial charge in [-0.3, -0.25) is 14.4 Å². The predicted molar refractivity (Wildman–Crippen MR) is 137 cm³/mol. The molecule has 1 aromatic rings. The Morgan fingerprint density at radius 2 is 1.97 bits per heavy atom. The van der Waals surface area contributed by atoms with E-state index in [0.717, 1.165) is 24.8 Å². The molecule has 1 aromatic carbocycles. The highest BCUT2D eigenvalue weighted by Crippen LogP contribution is 2.68. The molecule has 3 heterocycles. The number of likely N-dealkylation sites (tertiary alicyclic amines) is 1. The number of nitrogens with zero attached hydrogens (tertiary/aromatic N) is 1. The van der Waals surface area contributed by atoms with E-state index in [-0.39, 0.29) is 41.5 Å². The molecule has 7 atom stereocenters. The van der Waals surface area contributed by atoms with E-state index in [0.29, 0.717) is 25.9 Å². The van der Waals surface area contributed by atoms with Gasteiger partial charge in [0.2, 0.25) is 17.7 Å². The molecule has 3 aliphatic heterocycles. The first-order valence-electron chi connectivity index (χ1n) is 13.1. The van der Waals surface area contributed by atoms with Crippen LogP contribution in [0.2, 0.25) is 0 Å². The number of aliphatic hydroxyl groups is 1. The van der Waals surface area contributed by atoms with Gasteiger partial charge in [0.05, 0.1) is 16.6 Å². The van der Waals surface area contributed by atoms with Crippen LogP contribution in [0.15, 0.2) is 30.3 Å². The maximum absolute atomic E-state index is 13.9. The van der Waals surface area contributed by atoms with Crippen LogP contribution in [0.3, 0.4) is 0 Å². The Hall–Kier alpha value is -2.06. The van der Waals surface area contributed by atoms with Gasteiger partial charge in [-0.25, -0.2) is 0 Å². The molecule has 3 fully saturated rings. The summed E-state index contributed by atoms with van der Waals surface area (Å²) >= 11 is 1.71. The topological polar surface area (TPSA) is 98.7 Å². The average Bonchev–Trinajstić information content (AvgIpc) is 3.42. The third-order valence-corrected chi connectivity index (χ3v) is 10.1. The second-order valence-corrected chi connectivity index (χ2v) is 12.0. The van der Waals surface area contributed by atoms with Crippen LogP contribution in [0.25, 0.3) is 0 Å². The summed E-state index contributed by atoms with van der Waals surface area (Å²) in [5.74, 6) is -1.04. The van der Waals surface area contributed by atoms with Gasteiger partial charge in [0.15, 0.2) is 0 Å². The van der Waals surface area contributed by atoms with Crippen molar-refractivity contribution >= 4 is 29.5 Å². The number of carbonyl (C=O) groups is 3. The van der Waals surface area contributed by atoms with E-state index in [9.17, 15) is 19.5 Å². The Labute approximate surface area is 212 Å². The SMILES string of the molecule is CCCC(C)NC(=O)C1N(CCCCO)C(=O)[C@@H]2[C@H](C(=O)NCc3ccccc3)[C@@H]3CC(C)C12S3. The van der Waals surface area contributed by atoms with Gasteiger partial charge in [-0.05, 0) is 44.1 Å². The zero-order valence-electron chi connectivity index (χ0n) is 21.0. The lowest BCUT2D eigenvalue weighted by atomic mass is 9.66. The monoisotopic (exact) mass is 501 g/mol. The summed E-state index contributed by atoms with van der Waals surface area (Å²) in [6.45, 7) is 7.14. The molecular weight excluding hydrogens is 462 g/mol. The lowest BCUT2D eigenvalue weighted by Gasteiger charge is -2.39. The average molecular weight is 502 g/mol. The van der Waals surface area contributed by atoms with Crippen LogP contribution >= 0.6 is 11.8 Å². The molecule has 2 bridgehead atoms. The van der Waals surface area contributed by atoms with Crippen molar-refractivity contribution in [3.05, 3.63) is 35.9 Å². The summed E-state index contributed by atoms with van der Waals surface area (Å²) < 4.78 is -0.592. The maximum atomic E-state index is 13.9. The fraction of sp³-hybridized carbons (Fsp3) is 0.667. The van der Waals surface area contributed by atoms with Crippen LogP contribution in [0.1, 0.15) is 58.4 Å². The fourth-order valence-corrected chi connectivity index (χ4v) is 8.91. The van der Waals surface area contributed by atoms with Crippen LogP contribution in [0.4, 0.5) is 0 Å². The highest BCUT2D eigenvalue weighted by atomic mass is 32.2. The van der Waals surface area contributed by atoms with Crippen molar-refractivity contribution < 1.29 is 19.5 Å². The van der Waals surface area contributed by atoms with E-state index in [2.05, 4.69) is 24.5 Å². The lowest BCUT2D eigenvalue weighted by Crippen LogP contribution is -2.57. The number of nitrogens with one attached hydrogen (secondary N) is 2. The number of hydrogen-bond acceptors (Lipinski definition) is 5. The first-order valence-corrected chi connectivity index (χ1v) is 13.9. The number of unbranched alkanes of at least 4 members (excludes halogenated alkanes) is 1. The van der Waals surface area contributed by atoms with Gasteiger partial charge in [-0.1, -0.05) is 50.6 Å². The van der Waals surface area contributed by atoms with E-state index in [1.165, 1.54) is 0 Å². The zero-order chi connectivity index (χ0) is 25.2. The van der Waals surface area contributed by atoms with E-state index >= 15 is 0 Å². The Balaban J connectivity index is 1.61. The first kappa shape index (κ1) is 26.0. The van der Waals surface area contributed by atoms with E-state index in [1.807, 2.05) is 37.3 Å². The second kappa shape index (κ2) is 10.9. The van der Waals surface area contributed by atoms with Crippen molar-refractivity contribution in [1.82, 2.24) is 15.5 Å². The molecule has 35 heavy (non-hydrogen) atoms. The lowest BCUT2D eigenvalue weighted by molar-refractivity contribution is -0.140. The molecular formula is C27H39N3O4S. The van der Waals surface area contributed by atoms with Crippen molar-refractivity contribution in [1.29, 1.82) is 0 Å². The van der Waals surface area contributed by atoms with Crippen molar-refractivity contribution in [2.24, 2.45) is 17.8 Å². The quantitative estimate of drug-likeness (QED) is 0.405. The van der Waals surface area contributed by atoms with Crippen molar-refractivity contribution in [2.75, 3.05) is 13.2 Å². The van der Waals surface area contributed by atoms with Crippen molar-refractivity contribution in [2.45, 2.75) is 81.5 Å². The summed E-state index contributed by atoms with van der Waals surface area (Å²) in [4.78, 5) is 42.8. The molecule has 3 aliphatic rings. The molecule has 3 saturated heterocycles. The van der Waals surface area contributed by atoms with E-state index < -0.39 is 22.6 Å². The second-order valence-electron chi connectivity index (χ2n) is 10.4. The minimum atomic E-state index is -0.592. The molecule has 4 rings (SSSR count). The highest BCUT2D eigenvalue weighted by molar-refractivity contribution is 8.02. The Bertz CT molecular complexity index is 928. The van der Waals surface area contributed by atoms with Crippen molar-refractivity contribution in [3.8, 4) is 0 Å². The number of aliphatic hydroxyl groups excluding tert-OH is 1. The molecule has 3 amide bonds. The summed E-state index contributed by atoms with van der Waals surface area (Å²) in [6, 6.07) is 9.22. The van der Waals surface area contributed by atoms with Gasteiger partial charge in [-0.15, -0.1) is 11.8 Å². The van der Waals surface area contributed by atoms with Crippen LogP contribution in [-0.2, 0) is 20.9 Å². The molecule has 0 radical (unpaired) electrons. The number of benzene rings is 1. The third-order valence-electron chi connectivity index (χ3n) is 8.02. The molecule has 0 aromatic heterocycles. The van der Waals surface area contributed by atoms with Gasteiger partial charge < -0.3 is 20.6 Å². The van der Waals surface area contributed by atoms with Gasteiger partial charge in [0, 0.05) is 31.0 Å². The van der Waals surface area contributed by atoms with Gasteiger partial charge >= 0.3 is 0 Å². The molecule has 0 saturated carbocycles.